The van der Waals surface area contributed by atoms with E-state index in [1.165, 1.54) is 6.21 Å². The van der Waals surface area contributed by atoms with Crippen LogP contribution < -0.4 is 5.32 Å². The Morgan fingerprint density at radius 2 is 2.55 bits per heavy atom. The number of hydrogen-bond donors (Lipinski definition) is 2. The minimum atomic E-state index is 0.697. The van der Waals surface area contributed by atoms with Gasteiger partial charge in [-0.05, 0) is 13.8 Å². The fraction of sp³-hybridized carbons (Fsp3) is 0.429. The summed E-state index contributed by atoms with van der Waals surface area (Å²) >= 11 is 1.59. The third-order valence-electron chi connectivity index (χ3n) is 0.938. The van der Waals surface area contributed by atoms with Crippen molar-refractivity contribution in [2.75, 3.05) is 19.3 Å². The Kier molecular flexibility index (Phi) is 7.08. The molecule has 0 saturated carbocycles. The van der Waals surface area contributed by atoms with Crippen LogP contribution in [0.1, 0.15) is 0 Å². The average Bonchev–Trinajstić information content (AvgIpc) is 2.01. The first-order valence-corrected chi connectivity index (χ1v) is 4.25. The minimum absolute atomic E-state index is 0.697. The van der Waals surface area contributed by atoms with Gasteiger partial charge in [0, 0.05) is 29.6 Å². The van der Waals surface area contributed by atoms with Gasteiger partial charge in [-0.2, -0.15) is 0 Å². The van der Waals surface area contributed by atoms with Crippen LogP contribution in [-0.2, 0) is 0 Å². The van der Waals surface area contributed by atoms with Gasteiger partial charge in [-0.1, -0.05) is 0 Å². The van der Waals surface area contributed by atoms with Crippen LogP contribution in [-0.4, -0.2) is 32.3 Å². The topological polar surface area (TPSA) is 48.2 Å². The first-order chi connectivity index (χ1) is 5.35. The summed E-state index contributed by atoms with van der Waals surface area (Å²) in [7, 11) is 1.88. The molecule has 62 valence electrons. The molecule has 3 nitrogen and oxygen atoms in total. The summed E-state index contributed by atoms with van der Waals surface area (Å²) in [5, 5.41) is 9.83. The van der Waals surface area contributed by atoms with Gasteiger partial charge in [-0.25, -0.2) is 0 Å². The zero-order chi connectivity index (χ0) is 8.53. The van der Waals surface area contributed by atoms with Gasteiger partial charge in [0.2, 0.25) is 0 Å². The van der Waals surface area contributed by atoms with Crippen molar-refractivity contribution in [3.63, 3.8) is 0 Å². The van der Waals surface area contributed by atoms with Crippen LogP contribution in [0.3, 0.4) is 0 Å². The van der Waals surface area contributed by atoms with Gasteiger partial charge in [0.15, 0.2) is 0 Å². The molecule has 0 saturated heterocycles. The van der Waals surface area contributed by atoms with E-state index >= 15 is 0 Å². The second-order valence-electron chi connectivity index (χ2n) is 1.82. The quantitative estimate of drug-likeness (QED) is 0.588. The Hall–Kier alpha value is -0.610. The zero-order valence-corrected chi connectivity index (χ0v) is 7.45. The zero-order valence-electron chi connectivity index (χ0n) is 6.63. The van der Waals surface area contributed by atoms with E-state index in [0.717, 1.165) is 11.4 Å². The van der Waals surface area contributed by atoms with Crippen molar-refractivity contribution in [2.45, 2.75) is 0 Å². The molecule has 0 amide bonds. The molecular formula is C7H13N3S. The number of likely N-dealkylation sites (N-methyl/N-ethyl adjacent to an activating group) is 1. The summed E-state index contributed by atoms with van der Waals surface area (Å²) in [5.74, 6) is 0.697. The third kappa shape index (κ3) is 5.82. The van der Waals surface area contributed by atoms with Crippen molar-refractivity contribution in [3.8, 4) is 0 Å². The lowest BCUT2D eigenvalue weighted by Gasteiger charge is -2.01. The molecule has 0 heterocycles. The molecule has 0 aromatic heterocycles. The van der Waals surface area contributed by atoms with Crippen LogP contribution in [0.4, 0.5) is 0 Å². The molecule has 2 N–H and O–H groups in total. The molecule has 0 aliphatic heterocycles. The number of nitrogens with one attached hydrogen (secondary N) is 2. The lowest BCUT2D eigenvalue weighted by Crippen LogP contribution is -2.08. The van der Waals surface area contributed by atoms with Crippen molar-refractivity contribution >= 4 is 24.7 Å². The van der Waals surface area contributed by atoms with Crippen LogP contribution in [0.25, 0.3) is 0 Å². The summed E-state index contributed by atoms with van der Waals surface area (Å²) in [6.07, 6.45) is 3.09. The van der Waals surface area contributed by atoms with E-state index in [-0.39, 0.29) is 0 Å². The monoisotopic (exact) mass is 171 g/mol. The fourth-order valence-electron chi connectivity index (χ4n) is 0.559. The highest BCUT2D eigenvalue weighted by molar-refractivity contribution is 8.03. The Balaban J connectivity index is 3.77. The molecule has 0 spiro atoms. The molecule has 11 heavy (non-hydrogen) atoms. The maximum Gasteiger partial charge on any atom is 0.0368 e. The fourth-order valence-corrected chi connectivity index (χ4v) is 1.25. The van der Waals surface area contributed by atoms with Gasteiger partial charge in [0.05, 0.1) is 0 Å². The smallest absolute Gasteiger partial charge is 0.0368 e. The molecule has 0 bridgehead atoms. The van der Waals surface area contributed by atoms with E-state index in [1.54, 1.807) is 18.0 Å². The molecule has 0 unspecified atom stereocenters. The summed E-state index contributed by atoms with van der Waals surface area (Å²) in [6, 6.07) is 0. The van der Waals surface area contributed by atoms with E-state index in [2.05, 4.69) is 17.0 Å². The predicted molar refractivity (Wildman–Crippen MR) is 52.8 cm³/mol. The Labute approximate surface area is 71.5 Å². The molecule has 4 heteroatoms. The number of thioether (sulfide) groups is 1. The van der Waals surface area contributed by atoms with Crippen molar-refractivity contribution in [1.82, 2.24) is 5.32 Å². The van der Waals surface area contributed by atoms with Gasteiger partial charge < -0.3 is 10.7 Å². The van der Waals surface area contributed by atoms with Gasteiger partial charge in [-0.3, -0.25) is 4.99 Å². The van der Waals surface area contributed by atoms with Crippen LogP contribution in [0.15, 0.2) is 16.1 Å². The van der Waals surface area contributed by atoms with Crippen molar-refractivity contribution in [3.05, 3.63) is 11.1 Å². The number of rotatable bonds is 6. The number of aliphatic imine (C=N–C) groups is 1. The maximum absolute atomic E-state index is 6.82. The largest absolute Gasteiger partial charge is 0.315 e. The van der Waals surface area contributed by atoms with Gasteiger partial charge in [0.1, 0.15) is 0 Å². The normalized spacial score (nSPS) is 11.2. The lowest BCUT2D eigenvalue weighted by molar-refractivity contribution is 0.909. The van der Waals surface area contributed by atoms with Gasteiger partial charge >= 0.3 is 0 Å². The van der Waals surface area contributed by atoms with Crippen molar-refractivity contribution in [1.29, 1.82) is 5.41 Å². The van der Waals surface area contributed by atoms with Gasteiger partial charge in [0.25, 0.3) is 0 Å². The Bertz CT molecular complexity index is 154. The minimum Gasteiger partial charge on any atom is -0.315 e. The Morgan fingerprint density at radius 1 is 1.82 bits per heavy atom. The molecule has 0 aromatic rings. The van der Waals surface area contributed by atoms with Gasteiger partial charge in [-0.15, -0.1) is 11.8 Å². The first kappa shape index (κ1) is 10.4. The highest BCUT2D eigenvalue weighted by Crippen LogP contribution is 2.12. The second kappa shape index (κ2) is 7.50. The molecule has 0 rings (SSSR count). The van der Waals surface area contributed by atoms with E-state index < -0.39 is 0 Å². The van der Waals surface area contributed by atoms with E-state index in [9.17, 15) is 0 Å². The summed E-state index contributed by atoms with van der Waals surface area (Å²) < 4.78 is 0. The van der Waals surface area contributed by atoms with E-state index in [1.807, 2.05) is 7.05 Å². The van der Waals surface area contributed by atoms with Crippen LogP contribution in [0.2, 0.25) is 0 Å². The maximum atomic E-state index is 6.82. The standard InChI is InChI=1S/C7H13N3S/c1-9-5-7(6-10-2)11-4-3-8/h3,5,8,10H,1,4,6H2,2H3/b7-5-,8-3?. The summed E-state index contributed by atoms with van der Waals surface area (Å²) in [6.45, 7) is 4.16. The average molecular weight is 171 g/mol. The number of nitrogens with zero attached hydrogens (tertiary/aromatic N) is 1. The number of hydrogen-bond acceptors (Lipinski definition) is 4. The summed E-state index contributed by atoms with van der Waals surface area (Å²) in [5.41, 5.74) is 0. The summed E-state index contributed by atoms with van der Waals surface area (Å²) in [4.78, 5) is 4.76. The highest BCUT2D eigenvalue weighted by atomic mass is 32.2. The molecule has 0 atom stereocenters. The second-order valence-corrected chi connectivity index (χ2v) is 2.97. The van der Waals surface area contributed by atoms with E-state index in [4.69, 9.17) is 5.41 Å². The predicted octanol–water partition coefficient (Wildman–Crippen LogP) is 1.13. The Morgan fingerprint density at radius 3 is 3.00 bits per heavy atom. The van der Waals surface area contributed by atoms with Crippen molar-refractivity contribution < 1.29 is 0 Å². The van der Waals surface area contributed by atoms with Crippen LogP contribution in [0.5, 0.6) is 0 Å². The molecule has 0 aliphatic carbocycles. The molecule has 0 radical (unpaired) electrons. The van der Waals surface area contributed by atoms with Crippen LogP contribution in [0, 0.1) is 5.41 Å². The molecule has 0 aliphatic rings. The molecular weight excluding hydrogens is 158 g/mol. The lowest BCUT2D eigenvalue weighted by atomic mass is 10.6. The molecule has 0 aromatic carbocycles. The SMILES string of the molecule is C=N/C=C(/CNC)SCC=N. The molecule has 0 fully saturated rings. The van der Waals surface area contributed by atoms with Crippen LogP contribution >= 0.6 is 11.8 Å². The van der Waals surface area contributed by atoms with E-state index in [0.29, 0.717) is 5.75 Å². The first-order valence-electron chi connectivity index (χ1n) is 3.26. The van der Waals surface area contributed by atoms with Crippen molar-refractivity contribution in [2.24, 2.45) is 4.99 Å². The highest BCUT2D eigenvalue weighted by Gasteiger charge is 1.93. The third-order valence-corrected chi connectivity index (χ3v) is 1.89.